The molecule has 2 N–H and O–H groups in total. The summed E-state index contributed by atoms with van der Waals surface area (Å²) < 4.78 is 6.32. The van der Waals surface area contributed by atoms with Crippen molar-refractivity contribution in [1.29, 1.82) is 0 Å². The van der Waals surface area contributed by atoms with E-state index in [1.807, 2.05) is 12.4 Å². The molecule has 1 aliphatic heterocycles. The molecule has 2 aromatic heterocycles. The van der Waals surface area contributed by atoms with E-state index in [0.29, 0.717) is 23.6 Å². The molecule has 4 rings (SSSR count). The normalized spacial score (nSPS) is 24.3. The first kappa shape index (κ1) is 21.4. The van der Waals surface area contributed by atoms with Gasteiger partial charge < -0.3 is 15.2 Å². The molecule has 0 bridgehead atoms. The summed E-state index contributed by atoms with van der Waals surface area (Å²) in [5, 5.41) is 14.3. The Hall–Kier alpha value is -1.79. The Morgan fingerprint density at radius 3 is 2.47 bits per heavy atom. The SMILES string of the molecule is CC(C)C(C)Cc1ncc2c(OC3CCNCC3)ncc(C3CCC(O)CC3)c2n1. The molecule has 1 aliphatic carbocycles. The molecule has 1 atom stereocenters. The third-order valence-electron chi connectivity index (χ3n) is 7.01. The topological polar surface area (TPSA) is 80.2 Å². The summed E-state index contributed by atoms with van der Waals surface area (Å²) in [5.41, 5.74) is 2.19. The summed E-state index contributed by atoms with van der Waals surface area (Å²) in [6, 6.07) is 0. The van der Waals surface area contributed by atoms with Gasteiger partial charge in [-0.05, 0) is 69.4 Å². The van der Waals surface area contributed by atoms with E-state index >= 15 is 0 Å². The first-order chi connectivity index (χ1) is 14.5. The van der Waals surface area contributed by atoms with Crippen LogP contribution in [-0.2, 0) is 6.42 Å². The van der Waals surface area contributed by atoms with Crippen molar-refractivity contribution in [2.75, 3.05) is 13.1 Å². The molecule has 2 fully saturated rings. The average molecular weight is 413 g/mol. The molecule has 30 heavy (non-hydrogen) atoms. The van der Waals surface area contributed by atoms with E-state index in [0.717, 1.165) is 74.8 Å². The molecule has 0 aromatic carbocycles. The Kier molecular flexibility index (Phi) is 6.84. The molecule has 1 saturated heterocycles. The number of aliphatic hydroxyl groups excluding tert-OH is 1. The Balaban J connectivity index is 1.68. The van der Waals surface area contributed by atoms with Crippen LogP contribution in [0.5, 0.6) is 5.88 Å². The minimum absolute atomic E-state index is 0.167. The number of hydrogen-bond acceptors (Lipinski definition) is 6. The van der Waals surface area contributed by atoms with E-state index < -0.39 is 0 Å². The molecule has 2 aliphatic rings. The third kappa shape index (κ3) is 4.92. The first-order valence-corrected chi connectivity index (χ1v) is 11.7. The zero-order valence-electron chi connectivity index (χ0n) is 18.6. The van der Waals surface area contributed by atoms with Crippen LogP contribution in [-0.4, -0.2) is 45.4 Å². The van der Waals surface area contributed by atoms with Gasteiger partial charge in [0.25, 0.3) is 0 Å². The smallest absolute Gasteiger partial charge is 0.224 e. The second kappa shape index (κ2) is 9.56. The zero-order valence-corrected chi connectivity index (χ0v) is 18.6. The number of nitrogens with zero attached hydrogens (tertiary/aromatic N) is 3. The lowest BCUT2D eigenvalue weighted by Gasteiger charge is -2.27. The van der Waals surface area contributed by atoms with E-state index in [4.69, 9.17) is 19.7 Å². The molecule has 2 aromatic rings. The molecule has 1 unspecified atom stereocenters. The van der Waals surface area contributed by atoms with Gasteiger partial charge >= 0.3 is 0 Å². The largest absolute Gasteiger partial charge is 0.474 e. The molecule has 164 valence electrons. The van der Waals surface area contributed by atoms with E-state index in [-0.39, 0.29) is 12.2 Å². The van der Waals surface area contributed by atoms with Crippen LogP contribution in [0.1, 0.15) is 76.6 Å². The molecule has 0 radical (unpaired) electrons. The number of piperidine rings is 1. The van der Waals surface area contributed by atoms with Gasteiger partial charge in [0.15, 0.2) is 0 Å². The quantitative estimate of drug-likeness (QED) is 0.746. The molecular weight excluding hydrogens is 376 g/mol. The highest BCUT2D eigenvalue weighted by molar-refractivity contribution is 5.85. The van der Waals surface area contributed by atoms with Gasteiger partial charge in [0.2, 0.25) is 5.88 Å². The Morgan fingerprint density at radius 2 is 1.77 bits per heavy atom. The lowest BCUT2D eigenvalue weighted by atomic mass is 9.82. The van der Waals surface area contributed by atoms with Gasteiger partial charge in [-0.2, -0.15) is 0 Å². The van der Waals surface area contributed by atoms with Crippen LogP contribution in [0.25, 0.3) is 10.9 Å². The maximum atomic E-state index is 9.94. The van der Waals surface area contributed by atoms with Crippen molar-refractivity contribution < 1.29 is 9.84 Å². The van der Waals surface area contributed by atoms with Gasteiger partial charge in [-0.15, -0.1) is 0 Å². The van der Waals surface area contributed by atoms with Crippen LogP contribution >= 0.6 is 0 Å². The Labute approximate surface area is 179 Å². The van der Waals surface area contributed by atoms with Crippen molar-refractivity contribution in [3.63, 3.8) is 0 Å². The standard InChI is InChI=1S/C24H36N4O2/c1-15(2)16(3)12-22-26-14-21-23(28-22)20(17-4-6-18(29)7-5-17)13-27-24(21)30-19-8-10-25-11-9-19/h13-19,25,29H,4-12H2,1-3H3. The number of hydrogen-bond donors (Lipinski definition) is 2. The molecule has 1 saturated carbocycles. The Morgan fingerprint density at radius 1 is 1.03 bits per heavy atom. The predicted octanol–water partition coefficient (Wildman–Crippen LogP) is 4.01. The maximum Gasteiger partial charge on any atom is 0.224 e. The second-order valence-corrected chi connectivity index (χ2v) is 9.57. The molecule has 0 amide bonds. The number of ether oxygens (including phenoxy) is 1. The van der Waals surface area contributed by atoms with Crippen LogP contribution in [0.3, 0.4) is 0 Å². The van der Waals surface area contributed by atoms with Gasteiger partial charge in [-0.25, -0.2) is 15.0 Å². The van der Waals surface area contributed by atoms with E-state index in [1.54, 1.807) is 0 Å². The summed E-state index contributed by atoms with van der Waals surface area (Å²) in [5.74, 6) is 3.09. The number of aliphatic hydroxyl groups is 1. The fraction of sp³-hybridized carbons (Fsp3) is 0.708. The highest BCUT2D eigenvalue weighted by Crippen LogP contribution is 2.37. The van der Waals surface area contributed by atoms with Crippen molar-refractivity contribution >= 4 is 10.9 Å². The van der Waals surface area contributed by atoms with E-state index in [9.17, 15) is 5.11 Å². The molecule has 6 heteroatoms. The van der Waals surface area contributed by atoms with Gasteiger partial charge in [0.1, 0.15) is 11.9 Å². The minimum atomic E-state index is -0.167. The number of nitrogens with one attached hydrogen (secondary N) is 1. The highest BCUT2D eigenvalue weighted by Gasteiger charge is 2.26. The van der Waals surface area contributed by atoms with Crippen molar-refractivity contribution in [2.45, 2.75) is 83.8 Å². The van der Waals surface area contributed by atoms with Crippen molar-refractivity contribution in [2.24, 2.45) is 11.8 Å². The van der Waals surface area contributed by atoms with Crippen molar-refractivity contribution in [1.82, 2.24) is 20.3 Å². The van der Waals surface area contributed by atoms with E-state index in [2.05, 4.69) is 26.1 Å². The van der Waals surface area contributed by atoms with Crippen LogP contribution < -0.4 is 10.1 Å². The summed E-state index contributed by atoms with van der Waals surface area (Å²) in [7, 11) is 0. The number of pyridine rings is 1. The van der Waals surface area contributed by atoms with Gasteiger partial charge in [0, 0.05) is 24.4 Å². The number of fused-ring (bicyclic) bond motifs is 1. The fourth-order valence-electron chi connectivity index (χ4n) is 4.53. The summed E-state index contributed by atoms with van der Waals surface area (Å²) in [4.78, 5) is 14.5. The fourth-order valence-corrected chi connectivity index (χ4v) is 4.53. The van der Waals surface area contributed by atoms with Crippen LogP contribution in [0.15, 0.2) is 12.4 Å². The lowest BCUT2D eigenvalue weighted by molar-refractivity contribution is 0.122. The van der Waals surface area contributed by atoms with Gasteiger partial charge in [0.05, 0.1) is 17.0 Å². The molecule has 0 spiro atoms. The Bertz CT molecular complexity index is 842. The molecule has 3 heterocycles. The lowest BCUT2D eigenvalue weighted by Crippen LogP contribution is -2.34. The van der Waals surface area contributed by atoms with Crippen molar-refractivity contribution in [3.05, 3.63) is 23.8 Å². The second-order valence-electron chi connectivity index (χ2n) is 9.57. The average Bonchev–Trinajstić information content (AvgIpc) is 2.75. The van der Waals surface area contributed by atoms with Crippen LogP contribution in [0.4, 0.5) is 0 Å². The number of aromatic nitrogens is 3. The van der Waals surface area contributed by atoms with E-state index in [1.165, 1.54) is 5.56 Å². The predicted molar refractivity (Wildman–Crippen MR) is 119 cm³/mol. The third-order valence-corrected chi connectivity index (χ3v) is 7.01. The zero-order chi connectivity index (χ0) is 21.1. The van der Waals surface area contributed by atoms with Gasteiger partial charge in [-0.3, -0.25) is 0 Å². The molecule has 6 nitrogen and oxygen atoms in total. The monoisotopic (exact) mass is 412 g/mol. The number of rotatable bonds is 6. The highest BCUT2D eigenvalue weighted by atomic mass is 16.5. The summed E-state index contributed by atoms with van der Waals surface area (Å²) in [6.07, 6.45) is 10.5. The first-order valence-electron chi connectivity index (χ1n) is 11.7. The van der Waals surface area contributed by atoms with Crippen LogP contribution in [0.2, 0.25) is 0 Å². The van der Waals surface area contributed by atoms with Crippen molar-refractivity contribution in [3.8, 4) is 5.88 Å². The minimum Gasteiger partial charge on any atom is -0.474 e. The van der Waals surface area contributed by atoms with Gasteiger partial charge in [-0.1, -0.05) is 20.8 Å². The maximum absolute atomic E-state index is 9.94. The summed E-state index contributed by atoms with van der Waals surface area (Å²) >= 11 is 0. The molecular formula is C24H36N4O2. The summed E-state index contributed by atoms with van der Waals surface area (Å²) in [6.45, 7) is 8.73. The van der Waals surface area contributed by atoms with Crippen LogP contribution in [0, 0.1) is 11.8 Å².